The molecule has 3 rings (SSSR count). The van der Waals surface area contributed by atoms with E-state index >= 15 is 0 Å². The Kier molecular flexibility index (Phi) is 4.22. The molecular weight excluding hydrogens is 275 g/mol. The van der Waals surface area contributed by atoms with Crippen LogP contribution in [0.3, 0.4) is 0 Å². The van der Waals surface area contributed by atoms with Gasteiger partial charge in [0.2, 0.25) is 0 Å². The molecular formula is C19H15FN2. The Morgan fingerprint density at radius 3 is 2.36 bits per heavy atom. The lowest BCUT2D eigenvalue weighted by Gasteiger charge is -2.06. The van der Waals surface area contributed by atoms with Crippen LogP contribution in [0, 0.1) is 17.7 Å². The van der Waals surface area contributed by atoms with Crippen LogP contribution in [-0.4, -0.2) is 4.98 Å². The SMILES string of the molecule is Fc1ccc(NCc2ccc(C#Cc3ccc[nH]3)cc2)cc1. The molecule has 0 radical (unpaired) electrons. The molecule has 0 amide bonds. The Bertz CT molecular complexity index is 776. The van der Waals surface area contributed by atoms with E-state index in [0.717, 1.165) is 22.5 Å². The summed E-state index contributed by atoms with van der Waals surface area (Å²) in [5, 5.41) is 3.25. The van der Waals surface area contributed by atoms with Gasteiger partial charge < -0.3 is 10.3 Å². The van der Waals surface area contributed by atoms with Crippen molar-refractivity contribution in [3.63, 3.8) is 0 Å². The molecule has 2 nitrogen and oxygen atoms in total. The third-order valence-electron chi connectivity index (χ3n) is 3.23. The molecule has 0 unspecified atom stereocenters. The van der Waals surface area contributed by atoms with E-state index in [1.54, 1.807) is 12.1 Å². The highest BCUT2D eigenvalue weighted by Crippen LogP contribution is 2.11. The third-order valence-corrected chi connectivity index (χ3v) is 3.23. The van der Waals surface area contributed by atoms with E-state index in [1.165, 1.54) is 12.1 Å². The largest absolute Gasteiger partial charge is 0.381 e. The van der Waals surface area contributed by atoms with Gasteiger partial charge in [0.15, 0.2) is 0 Å². The summed E-state index contributed by atoms with van der Waals surface area (Å²) in [6.45, 7) is 0.690. The van der Waals surface area contributed by atoms with E-state index in [9.17, 15) is 4.39 Å². The molecule has 3 heteroatoms. The topological polar surface area (TPSA) is 27.8 Å². The second kappa shape index (κ2) is 6.64. The first-order chi connectivity index (χ1) is 10.8. The molecule has 1 heterocycles. The highest BCUT2D eigenvalue weighted by Gasteiger charge is 1.95. The summed E-state index contributed by atoms with van der Waals surface area (Å²) < 4.78 is 12.8. The molecule has 2 aromatic carbocycles. The molecule has 0 spiro atoms. The van der Waals surface area contributed by atoms with Crippen LogP contribution in [0.25, 0.3) is 0 Å². The van der Waals surface area contributed by atoms with Gasteiger partial charge in [-0.1, -0.05) is 18.1 Å². The van der Waals surface area contributed by atoms with Crippen molar-refractivity contribution in [3.8, 4) is 11.8 Å². The van der Waals surface area contributed by atoms with Crippen molar-refractivity contribution in [2.75, 3.05) is 5.32 Å². The fourth-order valence-corrected chi connectivity index (χ4v) is 2.03. The van der Waals surface area contributed by atoms with Gasteiger partial charge in [-0.2, -0.15) is 0 Å². The standard InChI is InChI=1S/C19H15FN2/c20-17-8-11-19(12-9-17)22-14-16-5-3-15(4-6-16)7-10-18-2-1-13-21-18/h1-6,8-9,11-13,21-22H,14H2. The number of hydrogen-bond donors (Lipinski definition) is 2. The van der Waals surface area contributed by atoms with Gasteiger partial charge in [-0.25, -0.2) is 4.39 Å². The Balaban J connectivity index is 1.60. The van der Waals surface area contributed by atoms with Crippen molar-refractivity contribution in [1.82, 2.24) is 4.98 Å². The normalized spacial score (nSPS) is 9.86. The predicted molar refractivity (Wildman–Crippen MR) is 86.9 cm³/mol. The lowest BCUT2D eigenvalue weighted by Crippen LogP contribution is -1.99. The minimum Gasteiger partial charge on any atom is -0.381 e. The molecule has 108 valence electrons. The van der Waals surface area contributed by atoms with Crippen LogP contribution in [0.5, 0.6) is 0 Å². The van der Waals surface area contributed by atoms with Crippen LogP contribution >= 0.6 is 0 Å². The van der Waals surface area contributed by atoms with E-state index in [1.807, 2.05) is 42.6 Å². The zero-order chi connectivity index (χ0) is 15.2. The summed E-state index contributed by atoms with van der Waals surface area (Å²) >= 11 is 0. The number of nitrogens with one attached hydrogen (secondary N) is 2. The second-order valence-electron chi connectivity index (χ2n) is 4.89. The molecule has 0 saturated heterocycles. The average molecular weight is 290 g/mol. The molecule has 0 atom stereocenters. The van der Waals surface area contributed by atoms with Gasteiger partial charge in [0, 0.05) is 24.0 Å². The van der Waals surface area contributed by atoms with Gasteiger partial charge in [0.05, 0.1) is 5.69 Å². The number of H-pyrrole nitrogens is 1. The molecule has 0 fully saturated rings. The van der Waals surface area contributed by atoms with Crippen LogP contribution in [-0.2, 0) is 6.54 Å². The third kappa shape index (κ3) is 3.77. The fraction of sp³-hybridized carbons (Fsp3) is 0.0526. The number of benzene rings is 2. The first kappa shape index (κ1) is 14.0. The van der Waals surface area contributed by atoms with Crippen molar-refractivity contribution in [1.29, 1.82) is 0 Å². The second-order valence-corrected chi connectivity index (χ2v) is 4.89. The molecule has 3 aromatic rings. The van der Waals surface area contributed by atoms with Crippen molar-refractivity contribution >= 4 is 5.69 Å². The Labute approximate surface area is 129 Å². The highest BCUT2D eigenvalue weighted by molar-refractivity contribution is 5.45. The number of aromatic amines is 1. The highest BCUT2D eigenvalue weighted by atomic mass is 19.1. The van der Waals surface area contributed by atoms with Crippen LogP contribution in [0.4, 0.5) is 10.1 Å². The van der Waals surface area contributed by atoms with E-state index in [4.69, 9.17) is 0 Å². The van der Waals surface area contributed by atoms with Crippen LogP contribution in [0.15, 0.2) is 66.9 Å². The van der Waals surface area contributed by atoms with Crippen molar-refractivity contribution in [2.45, 2.75) is 6.54 Å². The van der Waals surface area contributed by atoms with Gasteiger partial charge in [-0.15, -0.1) is 0 Å². The monoisotopic (exact) mass is 290 g/mol. The first-order valence-electron chi connectivity index (χ1n) is 7.03. The van der Waals surface area contributed by atoms with Crippen molar-refractivity contribution in [3.05, 3.63) is 89.5 Å². The molecule has 0 saturated carbocycles. The lowest BCUT2D eigenvalue weighted by atomic mass is 10.1. The van der Waals surface area contributed by atoms with Gasteiger partial charge in [-0.05, 0) is 60.0 Å². The number of aromatic nitrogens is 1. The summed E-state index contributed by atoms with van der Waals surface area (Å²) in [6, 6.07) is 18.3. The van der Waals surface area contributed by atoms with Gasteiger partial charge >= 0.3 is 0 Å². The quantitative estimate of drug-likeness (QED) is 0.696. The van der Waals surface area contributed by atoms with Crippen molar-refractivity contribution < 1.29 is 4.39 Å². The maximum atomic E-state index is 12.8. The Morgan fingerprint density at radius 1 is 0.909 bits per heavy atom. The molecule has 22 heavy (non-hydrogen) atoms. The van der Waals surface area contributed by atoms with Gasteiger partial charge in [-0.3, -0.25) is 0 Å². The van der Waals surface area contributed by atoms with Crippen LogP contribution in [0.2, 0.25) is 0 Å². The number of rotatable bonds is 3. The summed E-state index contributed by atoms with van der Waals surface area (Å²) in [4.78, 5) is 3.05. The van der Waals surface area contributed by atoms with Crippen LogP contribution in [0.1, 0.15) is 16.8 Å². The maximum absolute atomic E-state index is 12.8. The molecule has 0 bridgehead atoms. The number of halogens is 1. The summed E-state index contributed by atoms with van der Waals surface area (Å²) in [5.74, 6) is 5.95. The Morgan fingerprint density at radius 2 is 1.68 bits per heavy atom. The first-order valence-corrected chi connectivity index (χ1v) is 7.03. The molecule has 0 aliphatic rings. The maximum Gasteiger partial charge on any atom is 0.123 e. The zero-order valence-corrected chi connectivity index (χ0v) is 11.9. The minimum atomic E-state index is -0.226. The van der Waals surface area contributed by atoms with E-state index < -0.39 is 0 Å². The van der Waals surface area contributed by atoms with Gasteiger partial charge in [0.25, 0.3) is 0 Å². The fourth-order valence-electron chi connectivity index (χ4n) is 2.03. The summed E-state index contributed by atoms with van der Waals surface area (Å²) in [6.07, 6.45) is 1.86. The molecule has 2 N–H and O–H groups in total. The number of anilines is 1. The van der Waals surface area contributed by atoms with E-state index in [2.05, 4.69) is 22.1 Å². The van der Waals surface area contributed by atoms with Gasteiger partial charge in [0.1, 0.15) is 5.82 Å². The Hall–Kier alpha value is -2.99. The van der Waals surface area contributed by atoms with E-state index in [0.29, 0.717) is 6.54 Å². The summed E-state index contributed by atoms with van der Waals surface area (Å²) in [7, 11) is 0. The summed E-state index contributed by atoms with van der Waals surface area (Å²) in [5.41, 5.74) is 3.92. The zero-order valence-electron chi connectivity index (χ0n) is 11.9. The van der Waals surface area contributed by atoms with E-state index in [-0.39, 0.29) is 5.82 Å². The van der Waals surface area contributed by atoms with Crippen LogP contribution < -0.4 is 5.32 Å². The molecule has 0 aliphatic heterocycles. The smallest absolute Gasteiger partial charge is 0.123 e. The molecule has 0 aliphatic carbocycles. The van der Waals surface area contributed by atoms with Crippen molar-refractivity contribution in [2.24, 2.45) is 0 Å². The number of hydrogen-bond acceptors (Lipinski definition) is 1. The predicted octanol–water partition coefficient (Wildman–Crippen LogP) is 4.17. The molecule has 1 aromatic heterocycles. The lowest BCUT2D eigenvalue weighted by molar-refractivity contribution is 0.628. The minimum absolute atomic E-state index is 0.226. The average Bonchev–Trinajstić information content (AvgIpc) is 3.07.